The second-order valence-corrected chi connectivity index (χ2v) is 2.28. The largest absolute Gasteiger partial charge is 0.122 e. The average molecular weight is 131 g/mol. The number of hydrogen-bond donors (Lipinski definition) is 0. The van der Waals surface area contributed by atoms with Gasteiger partial charge in [-0.3, -0.25) is 0 Å². The molecule has 0 radical (unpaired) electrons. The third-order valence-electron chi connectivity index (χ3n) is 0.741. The summed E-state index contributed by atoms with van der Waals surface area (Å²) >= 11 is 5.46. The van der Waals surface area contributed by atoms with Crippen molar-refractivity contribution in [1.82, 2.24) is 0 Å². The standard InChI is InChI=1S/C7H11Cl/c1-6(2)4-7(3)5-8/h1,3-5H2,2H3. The monoisotopic (exact) mass is 130 g/mol. The summed E-state index contributed by atoms with van der Waals surface area (Å²) in [6.45, 7) is 9.41. The zero-order chi connectivity index (χ0) is 6.57. The van der Waals surface area contributed by atoms with Gasteiger partial charge in [0.15, 0.2) is 0 Å². The van der Waals surface area contributed by atoms with E-state index >= 15 is 0 Å². The van der Waals surface area contributed by atoms with Crippen molar-refractivity contribution in [3.8, 4) is 0 Å². The maximum absolute atomic E-state index is 5.46. The lowest BCUT2D eigenvalue weighted by Crippen LogP contribution is -1.81. The van der Waals surface area contributed by atoms with Crippen LogP contribution in [0.15, 0.2) is 24.3 Å². The van der Waals surface area contributed by atoms with E-state index in [-0.39, 0.29) is 0 Å². The molecule has 0 saturated heterocycles. The molecule has 0 aliphatic carbocycles. The van der Waals surface area contributed by atoms with Crippen molar-refractivity contribution in [3.63, 3.8) is 0 Å². The van der Waals surface area contributed by atoms with E-state index in [1.54, 1.807) is 0 Å². The summed E-state index contributed by atoms with van der Waals surface area (Å²) in [6, 6.07) is 0. The Hall–Kier alpha value is -0.230. The van der Waals surface area contributed by atoms with Gasteiger partial charge in [0.2, 0.25) is 0 Å². The Balaban J connectivity index is 3.40. The minimum Gasteiger partial charge on any atom is -0.122 e. The predicted molar refractivity (Wildman–Crippen MR) is 39.3 cm³/mol. The zero-order valence-electron chi connectivity index (χ0n) is 5.21. The summed E-state index contributed by atoms with van der Waals surface area (Å²) in [5.74, 6) is 0.548. The Labute approximate surface area is 55.9 Å². The second-order valence-electron chi connectivity index (χ2n) is 2.02. The Morgan fingerprint density at radius 1 is 1.50 bits per heavy atom. The van der Waals surface area contributed by atoms with Crippen molar-refractivity contribution in [2.24, 2.45) is 0 Å². The molecule has 0 bridgehead atoms. The van der Waals surface area contributed by atoms with E-state index in [0.29, 0.717) is 5.88 Å². The highest BCUT2D eigenvalue weighted by Crippen LogP contribution is 2.06. The second kappa shape index (κ2) is 3.73. The van der Waals surface area contributed by atoms with Crippen LogP contribution in [0.4, 0.5) is 0 Å². The van der Waals surface area contributed by atoms with Crippen LogP contribution in [-0.2, 0) is 0 Å². The number of rotatable bonds is 3. The maximum atomic E-state index is 5.46. The predicted octanol–water partition coefficient (Wildman–Crippen LogP) is 2.75. The lowest BCUT2D eigenvalue weighted by Gasteiger charge is -1.96. The summed E-state index contributed by atoms with van der Waals surface area (Å²) in [5.41, 5.74) is 2.16. The molecule has 0 aliphatic rings. The molecule has 0 amide bonds. The minimum absolute atomic E-state index is 0.548. The molecule has 0 rings (SSSR count). The number of hydrogen-bond acceptors (Lipinski definition) is 0. The van der Waals surface area contributed by atoms with Gasteiger partial charge in [0.25, 0.3) is 0 Å². The molecule has 8 heavy (non-hydrogen) atoms. The number of halogens is 1. The topological polar surface area (TPSA) is 0 Å². The van der Waals surface area contributed by atoms with Crippen LogP contribution in [0.2, 0.25) is 0 Å². The molecule has 0 aromatic carbocycles. The van der Waals surface area contributed by atoms with E-state index in [1.165, 1.54) is 0 Å². The quantitative estimate of drug-likeness (QED) is 0.407. The smallest absolute Gasteiger partial charge is 0.0434 e. The van der Waals surface area contributed by atoms with Crippen LogP contribution >= 0.6 is 11.6 Å². The van der Waals surface area contributed by atoms with Crippen molar-refractivity contribution in [2.75, 3.05) is 5.88 Å². The molecule has 0 N–H and O–H groups in total. The third kappa shape index (κ3) is 3.94. The first-order chi connectivity index (χ1) is 3.66. The van der Waals surface area contributed by atoms with E-state index in [2.05, 4.69) is 13.2 Å². The molecule has 0 aromatic rings. The van der Waals surface area contributed by atoms with Crippen molar-refractivity contribution in [2.45, 2.75) is 13.3 Å². The van der Waals surface area contributed by atoms with E-state index in [9.17, 15) is 0 Å². The van der Waals surface area contributed by atoms with Crippen LogP contribution in [0.5, 0.6) is 0 Å². The minimum atomic E-state index is 0.548. The van der Waals surface area contributed by atoms with Crippen LogP contribution < -0.4 is 0 Å². The fraction of sp³-hybridized carbons (Fsp3) is 0.429. The highest BCUT2D eigenvalue weighted by atomic mass is 35.5. The first-order valence-corrected chi connectivity index (χ1v) is 3.07. The molecule has 0 nitrogen and oxygen atoms in total. The van der Waals surface area contributed by atoms with Crippen molar-refractivity contribution in [1.29, 1.82) is 0 Å². The van der Waals surface area contributed by atoms with E-state index in [1.807, 2.05) is 6.92 Å². The van der Waals surface area contributed by atoms with Crippen molar-refractivity contribution < 1.29 is 0 Å². The van der Waals surface area contributed by atoms with Gasteiger partial charge in [0, 0.05) is 5.88 Å². The van der Waals surface area contributed by atoms with Crippen LogP contribution in [0.3, 0.4) is 0 Å². The van der Waals surface area contributed by atoms with Gasteiger partial charge in [0.05, 0.1) is 0 Å². The lowest BCUT2D eigenvalue weighted by molar-refractivity contribution is 1.13. The van der Waals surface area contributed by atoms with E-state index in [4.69, 9.17) is 11.6 Å². The highest BCUT2D eigenvalue weighted by Gasteiger charge is 1.89. The summed E-state index contributed by atoms with van der Waals surface area (Å²) in [7, 11) is 0. The van der Waals surface area contributed by atoms with Crippen LogP contribution in [-0.4, -0.2) is 5.88 Å². The fourth-order valence-electron chi connectivity index (χ4n) is 0.474. The molecule has 0 saturated carbocycles. The first-order valence-electron chi connectivity index (χ1n) is 2.54. The molecule has 0 aromatic heterocycles. The molecule has 1 heteroatoms. The Bertz CT molecular complexity index is 103. The molecular formula is C7H11Cl. The van der Waals surface area contributed by atoms with E-state index < -0.39 is 0 Å². The summed E-state index contributed by atoms with van der Waals surface area (Å²) in [5, 5.41) is 0. The van der Waals surface area contributed by atoms with Gasteiger partial charge < -0.3 is 0 Å². The molecule has 0 fully saturated rings. The van der Waals surface area contributed by atoms with Gasteiger partial charge >= 0.3 is 0 Å². The third-order valence-corrected chi connectivity index (χ3v) is 1.12. The zero-order valence-corrected chi connectivity index (χ0v) is 5.96. The van der Waals surface area contributed by atoms with Gasteiger partial charge in [-0.1, -0.05) is 24.3 Å². The van der Waals surface area contributed by atoms with Gasteiger partial charge in [-0.05, 0) is 13.3 Å². The molecule has 0 unspecified atom stereocenters. The average Bonchev–Trinajstić information content (AvgIpc) is 1.65. The SMILES string of the molecule is C=C(C)CC(=C)CCl. The van der Waals surface area contributed by atoms with Gasteiger partial charge in [-0.2, -0.15) is 0 Å². The maximum Gasteiger partial charge on any atom is 0.0434 e. The molecule has 46 valence electrons. The van der Waals surface area contributed by atoms with Crippen molar-refractivity contribution >= 4 is 11.6 Å². The fourth-order valence-corrected chi connectivity index (χ4v) is 0.569. The van der Waals surface area contributed by atoms with Crippen molar-refractivity contribution in [3.05, 3.63) is 24.3 Å². The molecule has 0 aliphatic heterocycles. The van der Waals surface area contributed by atoms with Crippen LogP contribution in [0, 0.1) is 0 Å². The molecule has 0 heterocycles. The lowest BCUT2D eigenvalue weighted by atomic mass is 10.1. The summed E-state index contributed by atoms with van der Waals surface area (Å²) in [6.07, 6.45) is 0.865. The first kappa shape index (κ1) is 7.77. The number of alkyl halides is 1. The van der Waals surface area contributed by atoms with Gasteiger partial charge in [0.1, 0.15) is 0 Å². The highest BCUT2D eigenvalue weighted by molar-refractivity contribution is 6.19. The van der Waals surface area contributed by atoms with Gasteiger partial charge in [-0.25, -0.2) is 0 Å². The Morgan fingerprint density at radius 2 is 2.00 bits per heavy atom. The Kier molecular flexibility index (Phi) is 3.63. The normalized spacial score (nSPS) is 8.75. The van der Waals surface area contributed by atoms with Crippen LogP contribution in [0.25, 0.3) is 0 Å². The van der Waals surface area contributed by atoms with Crippen LogP contribution in [0.1, 0.15) is 13.3 Å². The summed E-state index contributed by atoms with van der Waals surface area (Å²) < 4.78 is 0. The number of allylic oxidation sites excluding steroid dienone is 2. The van der Waals surface area contributed by atoms with E-state index in [0.717, 1.165) is 17.6 Å². The Morgan fingerprint density at radius 3 is 2.12 bits per heavy atom. The molecule has 0 spiro atoms. The van der Waals surface area contributed by atoms with Gasteiger partial charge in [-0.15, -0.1) is 11.6 Å². The molecular weight excluding hydrogens is 120 g/mol. The molecule has 0 atom stereocenters. The summed E-state index contributed by atoms with van der Waals surface area (Å²) in [4.78, 5) is 0.